The number of hydrogen-bond donors (Lipinski definition) is 2. The highest BCUT2D eigenvalue weighted by Crippen LogP contribution is 2.42. The van der Waals surface area contributed by atoms with Gasteiger partial charge in [0.1, 0.15) is 11.5 Å². The zero-order valence-corrected chi connectivity index (χ0v) is 24.3. The molecule has 0 saturated heterocycles. The predicted molar refractivity (Wildman–Crippen MR) is 158 cm³/mol. The highest BCUT2D eigenvalue weighted by Gasteiger charge is 2.38. The van der Waals surface area contributed by atoms with Crippen LogP contribution < -0.4 is 14.4 Å². The third kappa shape index (κ3) is 6.59. The van der Waals surface area contributed by atoms with Gasteiger partial charge in [0.05, 0.1) is 29.8 Å². The van der Waals surface area contributed by atoms with Crippen molar-refractivity contribution in [3.8, 4) is 5.75 Å². The van der Waals surface area contributed by atoms with Gasteiger partial charge in [0.15, 0.2) is 0 Å². The Balaban J connectivity index is 1.51. The highest BCUT2D eigenvalue weighted by atomic mass is 35.5. The number of hydrogen-bond acceptors (Lipinski definition) is 5. The van der Waals surface area contributed by atoms with Crippen molar-refractivity contribution in [2.24, 2.45) is 17.8 Å². The Kier molecular flexibility index (Phi) is 9.12. The molecule has 2 aromatic rings. The second kappa shape index (κ2) is 12.5. The number of allylic oxidation sites excluding steroid dienone is 1. The number of aryl methyl sites for hydroxylation is 1. The number of ether oxygens (including phenoxy) is 1. The van der Waals surface area contributed by atoms with Crippen LogP contribution in [0.3, 0.4) is 0 Å². The van der Waals surface area contributed by atoms with Crippen LogP contribution in [0.2, 0.25) is 5.02 Å². The summed E-state index contributed by atoms with van der Waals surface area (Å²) < 4.78 is 21.7. The van der Waals surface area contributed by atoms with Gasteiger partial charge in [-0.2, -0.15) is 4.72 Å². The molecular weight excluding hydrogens is 532 g/mol. The lowest BCUT2D eigenvalue weighted by Gasteiger charge is -2.42. The van der Waals surface area contributed by atoms with Crippen LogP contribution >= 0.6 is 11.6 Å². The Morgan fingerprint density at radius 3 is 2.82 bits per heavy atom. The predicted octanol–water partition coefficient (Wildman–Crippen LogP) is 5.65. The average Bonchev–Trinajstić information content (AvgIpc) is 3.05. The summed E-state index contributed by atoms with van der Waals surface area (Å²) >= 11 is 4.88. The molecule has 0 radical (unpaired) electrons. The van der Waals surface area contributed by atoms with E-state index >= 15 is 0 Å². The van der Waals surface area contributed by atoms with Crippen molar-refractivity contribution in [2.45, 2.75) is 58.0 Å². The molecule has 2 N–H and O–H groups in total. The quantitative estimate of drug-likeness (QED) is 0.368. The van der Waals surface area contributed by atoms with Crippen LogP contribution in [0.5, 0.6) is 5.75 Å². The summed E-state index contributed by atoms with van der Waals surface area (Å²) in [6, 6.07) is 11.6. The molecule has 1 aliphatic carbocycles. The first kappa shape index (κ1) is 28.3. The number of carbonyl (C=O) groups excluding carboxylic acids is 1. The number of anilines is 1. The normalized spacial score (nSPS) is 30.3. The van der Waals surface area contributed by atoms with Gasteiger partial charge in [-0.25, -0.2) is 0 Å². The number of aliphatic hydroxyl groups is 1. The van der Waals surface area contributed by atoms with Gasteiger partial charge < -0.3 is 19.3 Å². The first-order chi connectivity index (χ1) is 18.8. The zero-order chi connectivity index (χ0) is 27.5. The van der Waals surface area contributed by atoms with Crippen LogP contribution in [-0.4, -0.2) is 47.1 Å². The molecule has 2 heterocycles. The molecule has 210 valence electrons. The van der Waals surface area contributed by atoms with Gasteiger partial charge in [0.25, 0.3) is 5.91 Å². The fraction of sp³-hybridized carbons (Fsp3) is 0.516. The third-order valence-corrected chi connectivity index (χ3v) is 9.91. The topological polar surface area (TPSA) is 84.9 Å². The molecule has 6 atom stereocenters. The summed E-state index contributed by atoms with van der Waals surface area (Å²) in [5.74, 6) is 1.55. The Hall–Kier alpha value is -2.19. The van der Waals surface area contributed by atoms with Gasteiger partial charge in [0.2, 0.25) is 0 Å². The number of fused-ring (bicyclic) bond motifs is 2. The van der Waals surface area contributed by atoms with Crippen LogP contribution in [0.25, 0.3) is 0 Å². The van der Waals surface area contributed by atoms with Crippen molar-refractivity contribution in [3.05, 3.63) is 70.3 Å². The Bertz CT molecular complexity index is 1210. The number of nitrogens with zero attached hydrogens (tertiary/aromatic N) is 1. The van der Waals surface area contributed by atoms with Crippen LogP contribution in [-0.2, 0) is 17.8 Å². The van der Waals surface area contributed by atoms with E-state index in [-0.39, 0.29) is 23.7 Å². The van der Waals surface area contributed by atoms with Crippen molar-refractivity contribution in [1.82, 2.24) is 4.72 Å². The molecule has 0 spiro atoms. The molecule has 1 amide bonds. The van der Waals surface area contributed by atoms with E-state index in [1.807, 2.05) is 37.3 Å². The maximum Gasteiger partial charge on any atom is 0.292 e. The molecule has 5 rings (SSSR count). The monoisotopic (exact) mass is 570 g/mol. The maximum absolute atomic E-state index is 13.1. The fourth-order valence-electron chi connectivity index (χ4n) is 6.13. The summed E-state index contributed by atoms with van der Waals surface area (Å²) in [5.41, 5.74) is 3.84. The minimum atomic E-state index is -1.49. The first-order valence-corrected chi connectivity index (χ1v) is 15.9. The van der Waals surface area contributed by atoms with E-state index in [2.05, 4.69) is 28.7 Å². The molecule has 39 heavy (non-hydrogen) atoms. The van der Waals surface area contributed by atoms with Gasteiger partial charge in [0, 0.05) is 35.5 Å². The molecule has 2 aromatic carbocycles. The second-order valence-electron chi connectivity index (χ2n) is 11.4. The molecule has 0 aromatic heterocycles. The van der Waals surface area contributed by atoms with Gasteiger partial charge in [-0.3, -0.25) is 4.79 Å². The summed E-state index contributed by atoms with van der Waals surface area (Å²) in [6.07, 6.45) is 8.16. The molecule has 6 nitrogen and oxygen atoms in total. The Morgan fingerprint density at radius 2 is 2.05 bits per heavy atom. The second-order valence-corrected chi connectivity index (χ2v) is 13.1. The maximum atomic E-state index is 13.1. The van der Waals surface area contributed by atoms with Gasteiger partial charge in [-0.05, 0) is 79.0 Å². The van der Waals surface area contributed by atoms with Gasteiger partial charge in [-0.15, -0.1) is 0 Å². The minimum Gasteiger partial charge on any atom is -0.593 e. The van der Waals surface area contributed by atoms with E-state index in [0.717, 1.165) is 55.2 Å². The third-order valence-electron chi connectivity index (χ3n) is 8.39. The standard InChI is InChI=1S/C31H39ClN2O4S/c1-3-5-21-14-25(32)10-12-26(21)24-17-34-16-23-8-11-27(23)29(35)7-4-6-20(2)19-39(37)33-31(36)22-9-13-30(38-18-24)28(34)15-22/h4,7,9-10,12-15,20,23-24,27,29,35H,3,5-6,8,11,16-19H2,1-2H3,(H,33,36)/b7-4+/t20-,23?,24+,27-,29?,39?/m1/s1. The number of carbonyl (C=O) groups is 1. The van der Waals surface area contributed by atoms with Crippen molar-refractivity contribution < 1.29 is 19.2 Å². The van der Waals surface area contributed by atoms with E-state index in [0.29, 0.717) is 30.3 Å². The van der Waals surface area contributed by atoms with Crippen LogP contribution in [0, 0.1) is 17.8 Å². The van der Waals surface area contributed by atoms with Crippen LogP contribution in [0.4, 0.5) is 5.69 Å². The lowest BCUT2D eigenvalue weighted by molar-refractivity contribution is 0.0461. The molecule has 3 aliphatic rings. The molecule has 8 heteroatoms. The summed E-state index contributed by atoms with van der Waals surface area (Å²) in [4.78, 5) is 15.4. The average molecular weight is 571 g/mol. The SMILES string of the molecule is CCCc1cc(Cl)ccc1[C@@H]1COc2ccc3cc2N(CC2CC[C@H]2C(O)/C=C/C[C@@H](C)C[S+]([O-])NC3=O)C1. The smallest absolute Gasteiger partial charge is 0.292 e. The number of rotatable bonds is 3. The lowest BCUT2D eigenvalue weighted by Crippen LogP contribution is -2.44. The van der Waals surface area contributed by atoms with Crippen molar-refractivity contribution in [1.29, 1.82) is 0 Å². The van der Waals surface area contributed by atoms with E-state index in [1.54, 1.807) is 6.07 Å². The Labute approximate surface area is 240 Å². The van der Waals surface area contributed by atoms with Gasteiger partial charge >= 0.3 is 0 Å². The number of amides is 1. The molecule has 2 bridgehead atoms. The van der Waals surface area contributed by atoms with Crippen LogP contribution in [0.15, 0.2) is 48.6 Å². The van der Waals surface area contributed by atoms with Crippen molar-refractivity contribution in [3.63, 3.8) is 0 Å². The van der Waals surface area contributed by atoms with Crippen LogP contribution in [0.1, 0.15) is 66.9 Å². The number of halogens is 1. The molecule has 3 unspecified atom stereocenters. The highest BCUT2D eigenvalue weighted by molar-refractivity contribution is 7.90. The summed E-state index contributed by atoms with van der Waals surface area (Å²) in [6.45, 7) is 6.21. The Morgan fingerprint density at radius 1 is 1.21 bits per heavy atom. The number of nitrogens with one attached hydrogen (secondary N) is 1. The van der Waals surface area contributed by atoms with Gasteiger partial charge in [-0.1, -0.05) is 50.1 Å². The number of benzene rings is 2. The molecule has 2 aliphatic heterocycles. The molecular formula is C31H39ClN2O4S. The summed E-state index contributed by atoms with van der Waals surface area (Å²) in [5, 5.41) is 11.7. The molecule has 1 fully saturated rings. The largest absolute Gasteiger partial charge is 0.593 e. The minimum absolute atomic E-state index is 0.122. The van der Waals surface area contributed by atoms with E-state index in [4.69, 9.17) is 16.3 Å². The zero-order valence-electron chi connectivity index (χ0n) is 22.8. The number of aliphatic hydroxyl groups excluding tert-OH is 1. The van der Waals surface area contributed by atoms with Crippen molar-refractivity contribution >= 4 is 34.6 Å². The van der Waals surface area contributed by atoms with E-state index in [9.17, 15) is 14.5 Å². The van der Waals surface area contributed by atoms with Crippen molar-refractivity contribution in [2.75, 3.05) is 30.3 Å². The van der Waals surface area contributed by atoms with E-state index in [1.165, 1.54) is 11.1 Å². The lowest BCUT2D eigenvalue weighted by atomic mass is 9.70. The summed E-state index contributed by atoms with van der Waals surface area (Å²) in [7, 11) is 0. The van der Waals surface area contributed by atoms with E-state index < -0.39 is 17.5 Å². The fourth-order valence-corrected chi connectivity index (χ4v) is 7.39. The first-order valence-electron chi connectivity index (χ1n) is 14.2. The molecule has 1 saturated carbocycles.